The Labute approximate surface area is 137 Å². The number of rotatable bonds is 5. The Bertz CT molecular complexity index is 682. The first-order chi connectivity index (χ1) is 10.4. The Morgan fingerprint density at radius 2 is 1.55 bits per heavy atom. The smallest absolute Gasteiger partial charge is 0.248 e. The quantitative estimate of drug-likeness (QED) is 0.783. The number of benzene rings is 2. The van der Waals surface area contributed by atoms with Gasteiger partial charge in [-0.15, -0.1) is 0 Å². The maximum absolute atomic E-state index is 11.8. The van der Waals surface area contributed by atoms with Gasteiger partial charge in [-0.05, 0) is 42.5 Å². The van der Waals surface area contributed by atoms with Gasteiger partial charge < -0.3 is 16.4 Å². The molecule has 7 heteroatoms. The van der Waals surface area contributed by atoms with Crippen LogP contribution in [-0.4, -0.2) is 18.4 Å². The summed E-state index contributed by atoms with van der Waals surface area (Å²) >= 11 is 11.7. The van der Waals surface area contributed by atoms with E-state index in [2.05, 4.69) is 10.6 Å². The number of hydrogen-bond acceptors (Lipinski definition) is 3. The molecule has 22 heavy (non-hydrogen) atoms. The number of halogens is 2. The highest BCUT2D eigenvalue weighted by Gasteiger charge is 2.05. The molecule has 2 amide bonds. The second-order valence-corrected chi connectivity index (χ2v) is 5.37. The highest BCUT2D eigenvalue weighted by molar-refractivity contribution is 6.35. The van der Waals surface area contributed by atoms with Gasteiger partial charge in [0.05, 0.1) is 6.54 Å². The fourth-order valence-electron chi connectivity index (χ4n) is 1.76. The molecule has 2 aromatic rings. The molecule has 0 heterocycles. The van der Waals surface area contributed by atoms with Crippen LogP contribution >= 0.6 is 23.2 Å². The lowest BCUT2D eigenvalue weighted by Crippen LogP contribution is -2.21. The summed E-state index contributed by atoms with van der Waals surface area (Å²) < 4.78 is 0. The summed E-state index contributed by atoms with van der Waals surface area (Å²) in [6.07, 6.45) is 0. The minimum Gasteiger partial charge on any atom is -0.376 e. The lowest BCUT2D eigenvalue weighted by Gasteiger charge is -2.09. The second kappa shape index (κ2) is 7.15. The Hall–Kier alpha value is -2.24. The number of anilines is 2. The van der Waals surface area contributed by atoms with Crippen LogP contribution in [0.5, 0.6) is 0 Å². The fraction of sp³-hybridized carbons (Fsp3) is 0.0667. The summed E-state index contributed by atoms with van der Waals surface area (Å²) in [6.45, 7) is 0.0498. The Morgan fingerprint density at radius 1 is 0.955 bits per heavy atom. The van der Waals surface area contributed by atoms with E-state index in [1.807, 2.05) is 0 Å². The summed E-state index contributed by atoms with van der Waals surface area (Å²) in [4.78, 5) is 22.8. The van der Waals surface area contributed by atoms with Crippen LogP contribution in [0.4, 0.5) is 11.4 Å². The van der Waals surface area contributed by atoms with Gasteiger partial charge in [-0.1, -0.05) is 23.2 Å². The Morgan fingerprint density at radius 3 is 2.09 bits per heavy atom. The summed E-state index contributed by atoms with van der Waals surface area (Å²) in [6, 6.07) is 11.2. The third kappa shape index (κ3) is 4.65. The van der Waals surface area contributed by atoms with Gasteiger partial charge in [0.15, 0.2) is 0 Å². The predicted molar refractivity (Wildman–Crippen MR) is 88.5 cm³/mol. The topological polar surface area (TPSA) is 84.2 Å². The molecular formula is C15H13Cl2N3O2. The van der Waals surface area contributed by atoms with E-state index in [4.69, 9.17) is 28.9 Å². The van der Waals surface area contributed by atoms with Crippen LogP contribution in [-0.2, 0) is 4.79 Å². The van der Waals surface area contributed by atoms with E-state index in [1.54, 1.807) is 42.5 Å². The molecule has 0 aliphatic rings. The van der Waals surface area contributed by atoms with Gasteiger partial charge in [-0.2, -0.15) is 0 Å². The van der Waals surface area contributed by atoms with Gasteiger partial charge in [-0.3, -0.25) is 9.59 Å². The molecular weight excluding hydrogens is 325 g/mol. The number of amides is 2. The normalized spacial score (nSPS) is 10.1. The van der Waals surface area contributed by atoms with Crippen molar-refractivity contribution in [3.05, 3.63) is 58.1 Å². The van der Waals surface area contributed by atoms with E-state index >= 15 is 0 Å². The van der Waals surface area contributed by atoms with Crippen LogP contribution in [0.15, 0.2) is 42.5 Å². The third-order valence-corrected chi connectivity index (χ3v) is 3.21. The molecule has 2 aromatic carbocycles. The van der Waals surface area contributed by atoms with Crippen molar-refractivity contribution in [2.75, 3.05) is 17.2 Å². The van der Waals surface area contributed by atoms with Gasteiger partial charge in [0.1, 0.15) is 0 Å². The van der Waals surface area contributed by atoms with Crippen LogP contribution in [0.1, 0.15) is 10.4 Å². The molecule has 0 aliphatic heterocycles. The molecule has 2 rings (SSSR count). The van der Waals surface area contributed by atoms with Crippen molar-refractivity contribution in [2.45, 2.75) is 0 Å². The Kier molecular flexibility index (Phi) is 5.25. The summed E-state index contributed by atoms with van der Waals surface area (Å²) in [5.74, 6) is -0.764. The van der Waals surface area contributed by atoms with E-state index in [-0.39, 0.29) is 12.5 Å². The second-order valence-electron chi connectivity index (χ2n) is 4.50. The number of nitrogens with two attached hydrogens (primary N) is 1. The zero-order chi connectivity index (χ0) is 16.1. The van der Waals surface area contributed by atoms with E-state index in [1.165, 1.54) is 0 Å². The summed E-state index contributed by atoms with van der Waals surface area (Å²) in [5.41, 5.74) is 6.74. The molecule has 0 radical (unpaired) electrons. The number of nitrogens with one attached hydrogen (secondary N) is 2. The van der Waals surface area contributed by atoms with E-state index in [0.29, 0.717) is 27.0 Å². The molecule has 0 bridgehead atoms. The zero-order valence-electron chi connectivity index (χ0n) is 11.4. The van der Waals surface area contributed by atoms with Gasteiger partial charge in [-0.25, -0.2) is 0 Å². The average molecular weight is 338 g/mol. The molecule has 0 spiro atoms. The SMILES string of the molecule is NC(=O)c1ccc(NC(=O)CNc2cc(Cl)cc(Cl)c2)cc1. The maximum atomic E-state index is 11.8. The molecule has 0 aromatic heterocycles. The molecule has 0 fully saturated rings. The number of primary amides is 1. The molecule has 0 aliphatic carbocycles. The lowest BCUT2D eigenvalue weighted by atomic mass is 10.2. The van der Waals surface area contributed by atoms with Crippen LogP contribution in [0.2, 0.25) is 10.0 Å². The first kappa shape index (κ1) is 16.1. The maximum Gasteiger partial charge on any atom is 0.248 e. The molecule has 0 saturated carbocycles. The van der Waals surface area contributed by atoms with E-state index < -0.39 is 5.91 Å². The van der Waals surface area contributed by atoms with Crippen LogP contribution in [0, 0.1) is 0 Å². The van der Waals surface area contributed by atoms with Crippen molar-refractivity contribution in [1.29, 1.82) is 0 Å². The first-order valence-corrected chi connectivity index (χ1v) is 7.09. The summed E-state index contributed by atoms with van der Waals surface area (Å²) in [5, 5.41) is 6.58. The number of carbonyl (C=O) groups excluding carboxylic acids is 2. The minimum atomic E-state index is -0.516. The minimum absolute atomic E-state index is 0.0498. The highest BCUT2D eigenvalue weighted by atomic mass is 35.5. The van der Waals surface area contributed by atoms with Crippen LogP contribution in [0.25, 0.3) is 0 Å². The van der Waals surface area contributed by atoms with Gasteiger partial charge >= 0.3 is 0 Å². The van der Waals surface area contributed by atoms with Crippen molar-refractivity contribution in [1.82, 2.24) is 0 Å². The predicted octanol–water partition coefficient (Wildman–Crippen LogP) is 3.14. The fourth-order valence-corrected chi connectivity index (χ4v) is 2.29. The van der Waals surface area contributed by atoms with E-state index in [0.717, 1.165) is 0 Å². The van der Waals surface area contributed by atoms with Crippen LogP contribution in [0.3, 0.4) is 0 Å². The molecule has 114 valence electrons. The zero-order valence-corrected chi connectivity index (χ0v) is 12.9. The van der Waals surface area contributed by atoms with Crippen molar-refractivity contribution in [2.24, 2.45) is 5.73 Å². The van der Waals surface area contributed by atoms with Crippen molar-refractivity contribution in [3.8, 4) is 0 Å². The third-order valence-electron chi connectivity index (χ3n) is 2.77. The van der Waals surface area contributed by atoms with Gasteiger partial charge in [0, 0.05) is 27.0 Å². The molecule has 0 atom stereocenters. The standard InChI is InChI=1S/C15H13Cl2N3O2/c16-10-5-11(17)7-13(6-10)19-8-14(21)20-12-3-1-9(2-4-12)15(18)22/h1-7,19H,8H2,(H2,18,22)(H,20,21). The molecule has 0 saturated heterocycles. The molecule has 0 unspecified atom stereocenters. The monoisotopic (exact) mass is 337 g/mol. The Balaban J connectivity index is 1.91. The number of hydrogen-bond donors (Lipinski definition) is 3. The van der Waals surface area contributed by atoms with E-state index in [9.17, 15) is 9.59 Å². The highest BCUT2D eigenvalue weighted by Crippen LogP contribution is 2.22. The van der Waals surface area contributed by atoms with Gasteiger partial charge in [0.2, 0.25) is 11.8 Å². The van der Waals surface area contributed by atoms with Crippen molar-refractivity contribution < 1.29 is 9.59 Å². The van der Waals surface area contributed by atoms with Crippen molar-refractivity contribution in [3.63, 3.8) is 0 Å². The van der Waals surface area contributed by atoms with Crippen LogP contribution < -0.4 is 16.4 Å². The number of carbonyl (C=O) groups is 2. The largest absolute Gasteiger partial charge is 0.376 e. The molecule has 5 nitrogen and oxygen atoms in total. The average Bonchev–Trinajstić information content (AvgIpc) is 2.45. The summed E-state index contributed by atoms with van der Waals surface area (Å²) in [7, 11) is 0. The molecule has 4 N–H and O–H groups in total. The first-order valence-electron chi connectivity index (χ1n) is 6.34. The van der Waals surface area contributed by atoms with Gasteiger partial charge in [0.25, 0.3) is 0 Å². The lowest BCUT2D eigenvalue weighted by molar-refractivity contribution is -0.114. The van der Waals surface area contributed by atoms with Crippen molar-refractivity contribution >= 4 is 46.4 Å².